The first kappa shape index (κ1) is 14.0. The summed E-state index contributed by atoms with van der Waals surface area (Å²) < 4.78 is 4.71. The second-order valence-corrected chi connectivity index (χ2v) is 4.60. The fraction of sp³-hybridized carbons (Fsp3) is 0.357. The van der Waals surface area contributed by atoms with E-state index in [1.165, 1.54) is 16.9 Å². The van der Waals surface area contributed by atoms with E-state index < -0.39 is 17.8 Å². The highest BCUT2D eigenvalue weighted by molar-refractivity contribution is 6.35. The zero-order valence-electron chi connectivity index (χ0n) is 11.5. The smallest absolute Gasteiger partial charge is 0.338 e. The van der Waals surface area contributed by atoms with Crippen LogP contribution < -0.4 is 0 Å². The van der Waals surface area contributed by atoms with E-state index in [0.717, 1.165) is 0 Å². The maximum Gasteiger partial charge on any atom is 0.338 e. The number of rotatable bonds is 3. The number of carbonyl (C=O) groups is 3. The van der Waals surface area contributed by atoms with Crippen molar-refractivity contribution in [1.29, 1.82) is 0 Å². The molecular formula is C14H16N2O4. The second-order valence-electron chi connectivity index (χ2n) is 4.60. The fourth-order valence-electron chi connectivity index (χ4n) is 2.10. The number of nitrogens with zero attached hydrogens (tertiary/aromatic N) is 2. The summed E-state index contributed by atoms with van der Waals surface area (Å²) >= 11 is 0. The molecule has 1 aliphatic rings. The lowest BCUT2D eigenvalue weighted by Crippen LogP contribution is -2.52. The lowest BCUT2D eigenvalue weighted by atomic mass is 10.1. The Labute approximate surface area is 116 Å². The fourth-order valence-corrected chi connectivity index (χ4v) is 2.10. The van der Waals surface area contributed by atoms with Gasteiger partial charge in [-0.3, -0.25) is 9.59 Å². The van der Waals surface area contributed by atoms with Crippen molar-refractivity contribution < 1.29 is 19.1 Å². The summed E-state index contributed by atoms with van der Waals surface area (Å²) in [7, 11) is 2.91. The average molecular weight is 276 g/mol. The molecule has 0 atom stereocenters. The highest BCUT2D eigenvalue weighted by Gasteiger charge is 2.30. The molecule has 0 bridgehead atoms. The molecule has 2 rings (SSSR count). The van der Waals surface area contributed by atoms with E-state index >= 15 is 0 Å². The normalized spacial score (nSPS) is 15.5. The first-order chi connectivity index (χ1) is 9.54. The SMILES string of the molecule is COC(=O)c1ccccc1CN1CCN(C)C(=O)C1=O. The molecule has 1 heterocycles. The number of likely N-dealkylation sites (N-methyl/N-ethyl adjacent to an activating group) is 1. The van der Waals surface area contributed by atoms with Gasteiger partial charge in [-0.1, -0.05) is 18.2 Å². The molecule has 6 heteroatoms. The van der Waals surface area contributed by atoms with Gasteiger partial charge in [-0.25, -0.2) is 4.79 Å². The van der Waals surface area contributed by atoms with Gasteiger partial charge in [0.2, 0.25) is 0 Å². The Bertz CT molecular complexity index is 556. The number of carbonyl (C=O) groups excluding carboxylic acids is 3. The number of amides is 2. The molecule has 0 aliphatic carbocycles. The van der Waals surface area contributed by atoms with Crippen molar-refractivity contribution in [3.8, 4) is 0 Å². The Morgan fingerprint density at radius 2 is 1.90 bits per heavy atom. The number of methoxy groups -OCH3 is 1. The largest absolute Gasteiger partial charge is 0.465 e. The van der Waals surface area contributed by atoms with Crippen LogP contribution in [0.4, 0.5) is 0 Å². The second kappa shape index (κ2) is 5.73. The Morgan fingerprint density at radius 1 is 1.20 bits per heavy atom. The van der Waals surface area contributed by atoms with Crippen molar-refractivity contribution in [3.63, 3.8) is 0 Å². The predicted molar refractivity (Wildman–Crippen MR) is 70.8 cm³/mol. The monoisotopic (exact) mass is 276 g/mol. The molecule has 0 spiro atoms. The minimum absolute atomic E-state index is 0.226. The average Bonchev–Trinajstić information content (AvgIpc) is 2.47. The van der Waals surface area contributed by atoms with E-state index in [1.54, 1.807) is 31.3 Å². The van der Waals surface area contributed by atoms with Gasteiger partial charge in [0, 0.05) is 26.7 Å². The third kappa shape index (κ3) is 2.64. The third-order valence-electron chi connectivity index (χ3n) is 3.31. The molecule has 1 saturated heterocycles. The van der Waals surface area contributed by atoms with Gasteiger partial charge < -0.3 is 14.5 Å². The first-order valence-corrected chi connectivity index (χ1v) is 6.25. The number of benzene rings is 1. The highest BCUT2D eigenvalue weighted by Crippen LogP contribution is 2.15. The molecule has 0 radical (unpaired) electrons. The number of ether oxygens (including phenoxy) is 1. The van der Waals surface area contributed by atoms with E-state index in [-0.39, 0.29) is 6.54 Å². The van der Waals surface area contributed by atoms with Crippen molar-refractivity contribution in [1.82, 2.24) is 9.80 Å². The van der Waals surface area contributed by atoms with Crippen LogP contribution >= 0.6 is 0 Å². The molecule has 6 nitrogen and oxygen atoms in total. The van der Waals surface area contributed by atoms with Crippen molar-refractivity contribution in [2.24, 2.45) is 0 Å². The van der Waals surface area contributed by atoms with Crippen LogP contribution in [0.3, 0.4) is 0 Å². The van der Waals surface area contributed by atoms with Crippen LogP contribution in [0.5, 0.6) is 0 Å². The van der Waals surface area contributed by atoms with Gasteiger partial charge in [0.15, 0.2) is 0 Å². The quantitative estimate of drug-likeness (QED) is 0.587. The lowest BCUT2D eigenvalue weighted by Gasteiger charge is -2.31. The third-order valence-corrected chi connectivity index (χ3v) is 3.31. The maximum atomic E-state index is 11.9. The standard InChI is InChI=1S/C14H16N2O4/c1-15-7-8-16(13(18)12(15)17)9-10-5-3-4-6-11(10)14(19)20-2/h3-6H,7-9H2,1-2H3. The summed E-state index contributed by atoms with van der Waals surface area (Å²) in [5.74, 6) is -1.52. The van der Waals surface area contributed by atoms with E-state index in [9.17, 15) is 14.4 Å². The van der Waals surface area contributed by atoms with Crippen LogP contribution in [-0.2, 0) is 20.9 Å². The van der Waals surface area contributed by atoms with Crippen LogP contribution in [0.1, 0.15) is 15.9 Å². The Kier molecular flexibility index (Phi) is 4.02. The number of hydrogen-bond donors (Lipinski definition) is 0. The van der Waals surface area contributed by atoms with Gasteiger partial charge >= 0.3 is 17.8 Å². The van der Waals surface area contributed by atoms with E-state index in [1.807, 2.05) is 0 Å². The van der Waals surface area contributed by atoms with Crippen LogP contribution in [0.15, 0.2) is 24.3 Å². The molecule has 20 heavy (non-hydrogen) atoms. The topological polar surface area (TPSA) is 66.9 Å². The molecule has 0 aromatic heterocycles. The zero-order valence-corrected chi connectivity index (χ0v) is 11.5. The number of piperazine rings is 1. The lowest BCUT2D eigenvalue weighted by molar-refractivity contribution is -0.155. The Balaban J connectivity index is 2.20. The number of esters is 1. The molecular weight excluding hydrogens is 260 g/mol. The molecule has 0 N–H and O–H groups in total. The molecule has 106 valence electrons. The van der Waals surface area contributed by atoms with E-state index in [2.05, 4.69) is 0 Å². The van der Waals surface area contributed by atoms with Crippen LogP contribution in [0.2, 0.25) is 0 Å². The van der Waals surface area contributed by atoms with Crippen molar-refractivity contribution in [2.45, 2.75) is 6.54 Å². The van der Waals surface area contributed by atoms with Gasteiger partial charge in [-0.15, -0.1) is 0 Å². The van der Waals surface area contributed by atoms with Gasteiger partial charge in [0.1, 0.15) is 0 Å². The van der Waals surface area contributed by atoms with Crippen molar-refractivity contribution >= 4 is 17.8 Å². The molecule has 1 fully saturated rings. The summed E-state index contributed by atoms with van der Waals surface area (Å²) in [5, 5.41) is 0. The molecule has 0 saturated carbocycles. The van der Waals surface area contributed by atoms with Gasteiger partial charge in [-0.2, -0.15) is 0 Å². The molecule has 1 aromatic carbocycles. The van der Waals surface area contributed by atoms with E-state index in [0.29, 0.717) is 24.2 Å². The first-order valence-electron chi connectivity index (χ1n) is 6.25. The Morgan fingerprint density at radius 3 is 2.60 bits per heavy atom. The minimum atomic E-state index is -0.543. The summed E-state index contributed by atoms with van der Waals surface area (Å²) in [6.07, 6.45) is 0. The molecule has 2 amide bonds. The summed E-state index contributed by atoms with van der Waals surface area (Å²) in [6.45, 7) is 1.17. The van der Waals surface area contributed by atoms with Gasteiger partial charge in [-0.05, 0) is 11.6 Å². The Hall–Kier alpha value is -2.37. The summed E-state index contributed by atoms with van der Waals surface area (Å²) in [4.78, 5) is 38.1. The maximum absolute atomic E-state index is 11.9. The molecule has 1 aromatic rings. The predicted octanol–water partition coefficient (Wildman–Crippen LogP) is 0.274. The summed E-state index contributed by atoms with van der Waals surface area (Å²) in [5.41, 5.74) is 1.08. The van der Waals surface area contributed by atoms with Crippen molar-refractivity contribution in [2.75, 3.05) is 27.2 Å². The van der Waals surface area contributed by atoms with Crippen LogP contribution in [0, 0.1) is 0 Å². The minimum Gasteiger partial charge on any atom is -0.465 e. The van der Waals surface area contributed by atoms with E-state index in [4.69, 9.17) is 4.74 Å². The highest BCUT2D eigenvalue weighted by atomic mass is 16.5. The van der Waals surface area contributed by atoms with Gasteiger partial charge in [0.05, 0.1) is 12.7 Å². The summed E-state index contributed by atoms with van der Waals surface area (Å²) in [6, 6.07) is 6.91. The molecule has 0 unspecified atom stereocenters. The van der Waals surface area contributed by atoms with Crippen LogP contribution in [-0.4, -0.2) is 54.8 Å². The number of hydrogen-bond acceptors (Lipinski definition) is 4. The van der Waals surface area contributed by atoms with Crippen LogP contribution in [0.25, 0.3) is 0 Å². The zero-order chi connectivity index (χ0) is 14.7. The van der Waals surface area contributed by atoms with Gasteiger partial charge in [0.25, 0.3) is 0 Å². The molecule has 1 aliphatic heterocycles. The van der Waals surface area contributed by atoms with Crippen molar-refractivity contribution in [3.05, 3.63) is 35.4 Å².